The van der Waals surface area contributed by atoms with Gasteiger partial charge in [0.15, 0.2) is 5.54 Å². The summed E-state index contributed by atoms with van der Waals surface area (Å²) in [6.07, 6.45) is 0. The van der Waals surface area contributed by atoms with E-state index >= 15 is 0 Å². The van der Waals surface area contributed by atoms with E-state index in [-0.39, 0.29) is 6.61 Å². The van der Waals surface area contributed by atoms with Crippen molar-refractivity contribution in [3.8, 4) is 0 Å². The lowest BCUT2D eigenvalue weighted by Crippen LogP contribution is -2.55. The molecule has 1 aromatic rings. The van der Waals surface area contributed by atoms with Crippen LogP contribution in [-0.4, -0.2) is 46.8 Å². The number of hydrogen-bond acceptors (Lipinski definition) is 3. The number of aliphatic carboxylic acids is 1. The van der Waals surface area contributed by atoms with Crippen LogP contribution in [-0.2, 0) is 10.3 Å². The predicted molar refractivity (Wildman–Crippen MR) is 74.3 cm³/mol. The van der Waals surface area contributed by atoms with Crippen molar-refractivity contribution < 1.29 is 19.8 Å². The Balaban J connectivity index is 3.00. The SMILES string of the molecule is CC(CO)N(C)C(=O)NC(C)(C(=O)O)c1ccccc1. The molecule has 6 heteroatoms. The van der Waals surface area contributed by atoms with E-state index in [0.717, 1.165) is 0 Å². The van der Waals surface area contributed by atoms with Gasteiger partial charge in [0.2, 0.25) is 0 Å². The van der Waals surface area contributed by atoms with Crippen molar-refractivity contribution in [3.63, 3.8) is 0 Å². The number of likely N-dealkylation sites (N-methyl/N-ethyl adjacent to an activating group) is 1. The summed E-state index contributed by atoms with van der Waals surface area (Å²) >= 11 is 0. The lowest BCUT2D eigenvalue weighted by Gasteiger charge is -2.31. The molecule has 1 aromatic carbocycles. The van der Waals surface area contributed by atoms with E-state index in [0.29, 0.717) is 5.56 Å². The van der Waals surface area contributed by atoms with E-state index in [4.69, 9.17) is 5.11 Å². The van der Waals surface area contributed by atoms with E-state index in [1.165, 1.54) is 18.9 Å². The van der Waals surface area contributed by atoms with Crippen molar-refractivity contribution in [2.75, 3.05) is 13.7 Å². The minimum atomic E-state index is -1.53. The zero-order chi connectivity index (χ0) is 15.3. The van der Waals surface area contributed by atoms with Crippen LogP contribution in [0.1, 0.15) is 19.4 Å². The normalized spacial score (nSPS) is 15.0. The fourth-order valence-electron chi connectivity index (χ4n) is 1.65. The molecule has 1 rings (SSSR count). The summed E-state index contributed by atoms with van der Waals surface area (Å²) in [6, 6.07) is 7.52. The lowest BCUT2D eigenvalue weighted by atomic mass is 9.92. The topological polar surface area (TPSA) is 89.9 Å². The average molecular weight is 280 g/mol. The van der Waals surface area contributed by atoms with Gasteiger partial charge in [0, 0.05) is 7.05 Å². The Bertz CT molecular complexity index is 477. The van der Waals surface area contributed by atoms with Crippen LogP contribution in [0.15, 0.2) is 30.3 Å². The van der Waals surface area contributed by atoms with Gasteiger partial charge in [0.25, 0.3) is 0 Å². The van der Waals surface area contributed by atoms with Crippen molar-refractivity contribution >= 4 is 12.0 Å². The van der Waals surface area contributed by atoms with Gasteiger partial charge in [-0.1, -0.05) is 30.3 Å². The number of nitrogens with one attached hydrogen (secondary N) is 1. The van der Waals surface area contributed by atoms with Crippen LogP contribution in [0.25, 0.3) is 0 Å². The van der Waals surface area contributed by atoms with Crippen LogP contribution in [0, 0.1) is 0 Å². The number of amides is 2. The highest BCUT2D eigenvalue weighted by molar-refractivity contribution is 5.87. The summed E-state index contributed by atoms with van der Waals surface area (Å²) < 4.78 is 0. The molecule has 0 saturated heterocycles. The van der Waals surface area contributed by atoms with E-state index in [2.05, 4.69) is 5.32 Å². The Morgan fingerprint density at radius 3 is 2.35 bits per heavy atom. The monoisotopic (exact) mass is 280 g/mol. The molecule has 110 valence electrons. The zero-order valence-corrected chi connectivity index (χ0v) is 11.8. The molecular weight excluding hydrogens is 260 g/mol. The molecule has 3 N–H and O–H groups in total. The van der Waals surface area contributed by atoms with Crippen LogP contribution < -0.4 is 5.32 Å². The van der Waals surface area contributed by atoms with Crippen LogP contribution in [0.3, 0.4) is 0 Å². The summed E-state index contributed by atoms with van der Waals surface area (Å²) in [4.78, 5) is 24.9. The van der Waals surface area contributed by atoms with Gasteiger partial charge >= 0.3 is 12.0 Å². The van der Waals surface area contributed by atoms with Gasteiger partial charge in [0.1, 0.15) is 0 Å². The van der Waals surface area contributed by atoms with Gasteiger partial charge in [-0.25, -0.2) is 9.59 Å². The van der Waals surface area contributed by atoms with Gasteiger partial charge in [-0.15, -0.1) is 0 Å². The first-order valence-electron chi connectivity index (χ1n) is 6.27. The second kappa shape index (κ2) is 6.38. The average Bonchev–Trinajstić information content (AvgIpc) is 2.46. The molecule has 2 amide bonds. The van der Waals surface area contributed by atoms with Gasteiger partial charge in [0.05, 0.1) is 12.6 Å². The second-order valence-corrected chi connectivity index (χ2v) is 4.87. The van der Waals surface area contributed by atoms with Crippen LogP contribution in [0.4, 0.5) is 4.79 Å². The van der Waals surface area contributed by atoms with Crippen molar-refractivity contribution in [3.05, 3.63) is 35.9 Å². The number of aliphatic hydroxyl groups excluding tert-OH is 1. The van der Waals surface area contributed by atoms with E-state index in [1.54, 1.807) is 37.3 Å². The summed E-state index contributed by atoms with van der Waals surface area (Å²) in [7, 11) is 1.50. The second-order valence-electron chi connectivity index (χ2n) is 4.87. The van der Waals surface area contributed by atoms with Gasteiger partial charge in [-0.3, -0.25) is 0 Å². The van der Waals surface area contributed by atoms with Crippen molar-refractivity contribution in [1.29, 1.82) is 0 Å². The highest BCUT2D eigenvalue weighted by Crippen LogP contribution is 2.21. The third-order valence-corrected chi connectivity index (χ3v) is 3.38. The Hall–Kier alpha value is -2.08. The number of hydrogen-bond donors (Lipinski definition) is 3. The highest BCUT2D eigenvalue weighted by atomic mass is 16.4. The first-order chi connectivity index (χ1) is 9.32. The summed E-state index contributed by atoms with van der Waals surface area (Å²) in [5.41, 5.74) is -1.05. The number of carboxylic acid groups (broad SMARTS) is 1. The minimum absolute atomic E-state index is 0.195. The number of aliphatic hydroxyl groups is 1. The van der Waals surface area contributed by atoms with Crippen molar-refractivity contribution in [1.82, 2.24) is 10.2 Å². The minimum Gasteiger partial charge on any atom is -0.479 e. The Morgan fingerprint density at radius 2 is 1.90 bits per heavy atom. The Morgan fingerprint density at radius 1 is 1.35 bits per heavy atom. The fraction of sp³-hybridized carbons (Fsp3) is 0.429. The van der Waals surface area contributed by atoms with Gasteiger partial charge in [-0.05, 0) is 19.4 Å². The van der Waals surface area contributed by atoms with Crippen molar-refractivity contribution in [2.45, 2.75) is 25.4 Å². The highest BCUT2D eigenvalue weighted by Gasteiger charge is 2.37. The Labute approximate surface area is 118 Å². The van der Waals surface area contributed by atoms with Crippen LogP contribution >= 0.6 is 0 Å². The standard InChI is InChI=1S/C14H20N2O4/c1-10(9-17)16(3)13(20)15-14(2,12(18)19)11-7-5-4-6-8-11/h4-8,10,17H,9H2,1-3H3,(H,15,20)(H,18,19). The number of urea groups is 1. The molecule has 2 unspecified atom stereocenters. The molecule has 2 atom stereocenters. The number of rotatable bonds is 5. The number of carbonyl (C=O) groups is 2. The third kappa shape index (κ3) is 3.27. The predicted octanol–water partition coefficient (Wildman–Crippen LogP) is 1.01. The van der Waals surface area contributed by atoms with E-state index in [1.807, 2.05) is 0 Å². The molecule has 0 aliphatic carbocycles. The molecule has 0 aliphatic rings. The lowest BCUT2D eigenvalue weighted by molar-refractivity contribution is -0.144. The molecular formula is C14H20N2O4. The fourth-order valence-corrected chi connectivity index (χ4v) is 1.65. The summed E-state index contributed by atoms with van der Waals surface area (Å²) in [5, 5.41) is 21.0. The smallest absolute Gasteiger partial charge is 0.333 e. The molecule has 0 heterocycles. The third-order valence-electron chi connectivity index (χ3n) is 3.38. The molecule has 0 bridgehead atoms. The maximum Gasteiger partial charge on any atom is 0.333 e. The zero-order valence-electron chi connectivity index (χ0n) is 11.8. The maximum atomic E-state index is 12.1. The summed E-state index contributed by atoms with van der Waals surface area (Å²) in [6.45, 7) is 2.90. The van der Waals surface area contributed by atoms with Gasteiger partial charge < -0.3 is 20.4 Å². The largest absolute Gasteiger partial charge is 0.479 e. The number of nitrogens with zero attached hydrogens (tertiary/aromatic N) is 1. The quantitative estimate of drug-likeness (QED) is 0.751. The molecule has 0 radical (unpaired) electrons. The first kappa shape index (κ1) is 16.0. The van der Waals surface area contributed by atoms with Crippen LogP contribution in [0.2, 0.25) is 0 Å². The number of carbonyl (C=O) groups excluding carboxylic acids is 1. The summed E-state index contributed by atoms with van der Waals surface area (Å²) in [5.74, 6) is -1.15. The van der Waals surface area contributed by atoms with E-state index < -0.39 is 23.6 Å². The van der Waals surface area contributed by atoms with Gasteiger partial charge in [-0.2, -0.15) is 0 Å². The molecule has 20 heavy (non-hydrogen) atoms. The molecule has 0 aromatic heterocycles. The van der Waals surface area contributed by atoms with Crippen molar-refractivity contribution in [2.24, 2.45) is 0 Å². The first-order valence-corrected chi connectivity index (χ1v) is 6.27. The molecule has 0 aliphatic heterocycles. The maximum absolute atomic E-state index is 12.1. The molecule has 6 nitrogen and oxygen atoms in total. The molecule has 0 saturated carbocycles. The number of benzene rings is 1. The number of carboxylic acids is 1. The Kier molecular flexibility index (Phi) is 5.10. The molecule has 0 fully saturated rings. The molecule has 0 spiro atoms. The van der Waals surface area contributed by atoms with E-state index in [9.17, 15) is 14.7 Å². The van der Waals surface area contributed by atoms with Crippen LogP contribution in [0.5, 0.6) is 0 Å².